The highest BCUT2D eigenvalue weighted by molar-refractivity contribution is 6.09. The number of hydrogen-bond acceptors (Lipinski definition) is 9. The lowest BCUT2D eigenvalue weighted by molar-refractivity contribution is -0.140. The largest absolute Gasteiger partial charge is 0.493 e. The van der Waals surface area contributed by atoms with E-state index in [1.54, 1.807) is 61.7 Å². The number of halogens is 2. The molecule has 0 saturated carbocycles. The maximum Gasteiger partial charge on any atom is 0.317 e. The summed E-state index contributed by atoms with van der Waals surface area (Å²) in [5.41, 5.74) is 1.82. The Morgan fingerprint density at radius 3 is 2.43 bits per heavy atom. The Balaban J connectivity index is 1.10. The molecular weight excluding hydrogens is 680 g/mol. The van der Waals surface area contributed by atoms with Crippen molar-refractivity contribution in [1.29, 1.82) is 0 Å². The number of nitrogens with zero attached hydrogens (tertiary/aromatic N) is 5. The van der Waals surface area contributed by atoms with E-state index in [0.717, 1.165) is 44.3 Å². The molecule has 3 aromatic carbocycles. The Kier molecular flexibility index (Phi) is 8.10. The van der Waals surface area contributed by atoms with Gasteiger partial charge < -0.3 is 14.2 Å². The highest BCUT2D eigenvalue weighted by atomic mass is 19.1. The van der Waals surface area contributed by atoms with Crippen molar-refractivity contribution >= 4 is 39.1 Å². The van der Waals surface area contributed by atoms with E-state index < -0.39 is 23.5 Å². The van der Waals surface area contributed by atoms with Crippen molar-refractivity contribution in [2.24, 2.45) is 11.8 Å². The topological polar surface area (TPSA) is 107 Å². The van der Waals surface area contributed by atoms with Crippen LogP contribution in [0.15, 0.2) is 66.9 Å². The van der Waals surface area contributed by atoms with Gasteiger partial charge >= 0.3 is 6.01 Å². The van der Waals surface area contributed by atoms with Gasteiger partial charge in [-0.3, -0.25) is 24.4 Å². The number of ether oxygens (including phenoxy) is 3. The quantitative estimate of drug-likeness (QED) is 0.153. The normalized spacial score (nSPS) is 20.7. The van der Waals surface area contributed by atoms with Gasteiger partial charge in [0, 0.05) is 22.5 Å². The average Bonchev–Trinajstić information content (AvgIpc) is 3.94. The average molecular weight is 718 g/mol. The minimum absolute atomic E-state index is 0.00599. The first-order valence-electron chi connectivity index (χ1n) is 18.0. The summed E-state index contributed by atoms with van der Waals surface area (Å²) < 4.78 is 49.1. The molecule has 4 aliphatic rings. The SMILES string of the molecule is COc1ccc(CN2C(=O)C3C=C(c4nc(OCC56CCCN5CCC6)nc5c(F)c(-c6cccc7cccc(F)c67)ncc45)CC3C2=O)cc1OC. The number of pyridine rings is 1. The fraction of sp³-hybridized carbons (Fsp3) is 0.341. The van der Waals surface area contributed by atoms with Crippen LogP contribution in [0.25, 0.3) is 38.5 Å². The van der Waals surface area contributed by atoms with Crippen LogP contribution in [0.2, 0.25) is 0 Å². The highest BCUT2D eigenvalue weighted by Gasteiger charge is 2.50. The van der Waals surface area contributed by atoms with Gasteiger partial charge in [0.25, 0.3) is 0 Å². The van der Waals surface area contributed by atoms with Crippen LogP contribution >= 0.6 is 0 Å². The van der Waals surface area contributed by atoms with Crippen LogP contribution in [0.1, 0.15) is 43.4 Å². The van der Waals surface area contributed by atoms with E-state index in [0.29, 0.717) is 45.7 Å². The molecule has 0 N–H and O–H groups in total. The maximum atomic E-state index is 16.8. The molecule has 10 nitrogen and oxygen atoms in total. The Morgan fingerprint density at radius 2 is 1.68 bits per heavy atom. The number of likely N-dealkylation sites (tertiary alicyclic amines) is 1. The van der Waals surface area contributed by atoms with E-state index in [4.69, 9.17) is 19.2 Å². The third-order valence-electron chi connectivity index (χ3n) is 11.5. The highest BCUT2D eigenvalue weighted by Crippen LogP contribution is 2.45. The molecule has 5 aromatic rings. The second kappa shape index (κ2) is 12.9. The molecule has 5 heterocycles. The molecule has 2 atom stereocenters. The molecule has 2 unspecified atom stereocenters. The molecule has 2 amide bonds. The lowest BCUT2D eigenvalue weighted by Gasteiger charge is -2.31. The summed E-state index contributed by atoms with van der Waals surface area (Å²) in [4.78, 5) is 45.2. The molecule has 3 saturated heterocycles. The van der Waals surface area contributed by atoms with Crippen LogP contribution in [0, 0.1) is 23.5 Å². The molecule has 12 heteroatoms. The van der Waals surface area contributed by atoms with E-state index in [9.17, 15) is 9.59 Å². The van der Waals surface area contributed by atoms with Crippen LogP contribution in [0.3, 0.4) is 0 Å². The molecule has 270 valence electrons. The van der Waals surface area contributed by atoms with E-state index >= 15 is 8.78 Å². The number of aromatic nitrogens is 3. The van der Waals surface area contributed by atoms with Gasteiger partial charge in [0.1, 0.15) is 23.6 Å². The molecule has 3 fully saturated rings. The summed E-state index contributed by atoms with van der Waals surface area (Å²) in [5.74, 6) is -2.11. The summed E-state index contributed by atoms with van der Waals surface area (Å²) in [6.45, 7) is 2.48. The summed E-state index contributed by atoms with van der Waals surface area (Å²) in [6, 6.07) is 15.2. The molecule has 9 rings (SSSR count). The predicted molar refractivity (Wildman–Crippen MR) is 193 cm³/mol. The van der Waals surface area contributed by atoms with Crippen molar-refractivity contribution in [3.8, 4) is 28.8 Å². The van der Waals surface area contributed by atoms with E-state index in [1.165, 1.54) is 24.3 Å². The van der Waals surface area contributed by atoms with Crippen molar-refractivity contribution in [3.05, 3.63) is 89.8 Å². The van der Waals surface area contributed by atoms with Crippen molar-refractivity contribution in [3.63, 3.8) is 0 Å². The minimum atomic E-state index is -0.736. The fourth-order valence-corrected chi connectivity index (χ4v) is 8.92. The minimum Gasteiger partial charge on any atom is -0.493 e. The number of methoxy groups -OCH3 is 2. The van der Waals surface area contributed by atoms with Crippen molar-refractivity contribution in [2.45, 2.75) is 44.2 Å². The molecule has 0 bridgehead atoms. The number of rotatable bonds is 9. The van der Waals surface area contributed by atoms with Gasteiger partial charge in [-0.25, -0.2) is 8.78 Å². The van der Waals surface area contributed by atoms with Gasteiger partial charge in [-0.2, -0.15) is 9.97 Å². The second-order valence-electron chi connectivity index (χ2n) is 14.4. The van der Waals surface area contributed by atoms with Crippen LogP contribution in [-0.4, -0.2) is 76.0 Å². The molecular formula is C41H37F2N5O5. The lowest BCUT2D eigenvalue weighted by atomic mass is 9.95. The number of hydrogen-bond donors (Lipinski definition) is 0. The first kappa shape index (κ1) is 33.4. The smallest absolute Gasteiger partial charge is 0.317 e. The Bertz CT molecular complexity index is 2350. The van der Waals surface area contributed by atoms with Crippen molar-refractivity contribution < 1.29 is 32.6 Å². The van der Waals surface area contributed by atoms with Gasteiger partial charge in [0.2, 0.25) is 11.8 Å². The number of fused-ring (bicyclic) bond motifs is 4. The molecule has 1 aliphatic carbocycles. The summed E-state index contributed by atoms with van der Waals surface area (Å²) >= 11 is 0. The fourth-order valence-electron chi connectivity index (χ4n) is 8.92. The Morgan fingerprint density at radius 1 is 0.906 bits per heavy atom. The molecule has 53 heavy (non-hydrogen) atoms. The first-order chi connectivity index (χ1) is 25.8. The van der Waals surface area contributed by atoms with Crippen LogP contribution in [0.5, 0.6) is 17.5 Å². The number of imide groups is 1. The number of allylic oxidation sites excluding steroid dienone is 1. The van der Waals surface area contributed by atoms with Crippen molar-refractivity contribution in [1.82, 2.24) is 24.8 Å². The van der Waals surface area contributed by atoms with E-state index in [2.05, 4.69) is 14.9 Å². The summed E-state index contributed by atoms with van der Waals surface area (Å²) in [7, 11) is 3.07. The molecule has 2 aromatic heterocycles. The van der Waals surface area contributed by atoms with Gasteiger partial charge in [0.05, 0.1) is 43.8 Å². The second-order valence-corrected chi connectivity index (χ2v) is 14.4. The van der Waals surface area contributed by atoms with Gasteiger partial charge in [0.15, 0.2) is 17.3 Å². The zero-order valence-corrected chi connectivity index (χ0v) is 29.4. The standard InChI is InChI=1S/C41H37F2N5O5/c1-51-31-12-11-23(17-32(31)52-2)21-48-38(49)27-18-25(19-28(27)39(48)50)35-29-20-44-36(26-9-3-7-24-8-4-10-30(42)33(24)26)34(43)37(29)46-40(45-35)53-22-41-13-5-15-47(41)16-6-14-41/h3-4,7-12,17-18,20,27-28H,5-6,13-16,19,21-22H2,1-2H3. The van der Waals surface area contributed by atoms with Crippen LogP contribution in [0.4, 0.5) is 8.78 Å². The van der Waals surface area contributed by atoms with Crippen LogP contribution in [-0.2, 0) is 16.1 Å². The lowest BCUT2D eigenvalue weighted by Crippen LogP contribution is -2.43. The Labute approximate surface area is 304 Å². The number of benzene rings is 3. The molecule has 0 radical (unpaired) electrons. The number of carbonyl (C=O) groups is 2. The van der Waals surface area contributed by atoms with Gasteiger partial charge in [-0.05, 0) is 79.9 Å². The summed E-state index contributed by atoms with van der Waals surface area (Å²) in [5, 5.41) is 1.19. The third-order valence-corrected chi connectivity index (χ3v) is 11.5. The number of amides is 2. The third kappa shape index (κ3) is 5.41. The zero-order valence-electron chi connectivity index (χ0n) is 29.4. The van der Waals surface area contributed by atoms with Crippen LogP contribution < -0.4 is 14.2 Å². The molecule has 3 aliphatic heterocycles. The maximum absolute atomic E-state index is 16.8. The Hall–Kier alpha value is -5.49. The van der Waals surface area contributed by atoms with Gasteiger partial charge in [-0.1, -0.05) is 42.5 Å². The van der Waals surface area contributed by atoms with E-state index in [-0.39, 0.29) is 52.9 Å². The zero-order chi connectivity index (χ0) is 36.4. The first-order valence-corrected chi connectivity index (χ1v) is 18.0. The predicted octanol–water partition coefficient (Wildman–Crippen LogP) is 6.74. The monoisotopic (exact) mass is 717 g/mol. The van der Waals surface area contributed by atoms with Crippen molar-refractivity contribution in [2.75, 3.05) is 33.9 Å². The number of carbonyl (C=O) groups excluding carboxylic acids is 2. The van der Waals surface area contributed by atoms with Gasteiger partial charge in [-0.15, -0.1) is 0 Å². The molecule has 0 spiro atoms. The summed E-state index contributed by atoms with van der Waals surface area (Å²) in [6.07, 6.45) is 7.65. The van der Waals surface area contributed by atoms with E-state index in [1.807, 2.05) is 0 Å².